The van der Waals surface area contributed by atoms with Crippen molar-refractivity contribution in [2.75, 3.05) is 0 Å². The minimum Gasteiger partial charge on any atom is -0.299 e. The summed E-state index contributed by atoms with van der Waals surface area (Å²) in [6.07, 6.45) is 18.0. The van der Waals surface area contributed by atoms with Gasteiger partial charge < -0.3 is 0 Å². The molecule has 1 aromatic heterocycles. The first kappa shape index (κ1) is 25.3. The van der Waals surface area contributed by atoms with Gasteiger partial charge >= 0.3 is 0 Å². The zero-order valence-corrected chi connectivity index (χ0v) is 20.5. The van der Waals surface area contributed by atoms with Crippen molar-refractivity contribution in [2.24, 2.45) is 11.8 Å². The summed E-state index contributed by atoms with van der Waals surface area (Å²) in [6, 6.07) is 7.86. The minimum absolute atomic E-state index is 0.0567. The number of rotatable bonds is 13. The highest BCUT2D eigenvalue weighted by molar-refractivity contribution is 6.03. The Kier molecular flexibility index (Phi) is 10.2. The summed E-state index contributed by atoms with van der Waals surface area (Å²) in [5.41, 5.74) is 3.09. The van der Waals surface area contributed by atoms with Crippen LogP contribution in [0.5, 0.6) is 0 Å². The summed E-state index contributed by atoms with van der Waals surface area (Å²) in [4.78, 5) is 33.9. The van der Waals surface area contributed by atoms with Gasteiger partial charge in [0, 0.05) is 30.8 Å². The van der Waals surface area contributed by atoms with E-state index in [0.717, 1.165) is 24.0 Å². The lowest BCUT2D eigenvalue weighted by Crippen LogP contribution is -2.31. The third-order valence-electron chi connectivity index (χ3n) is 6.89. The van der Waals surface area contributed by atoms with Crippen LogP contribution in [-0.4, -0.2) is 21.5 Å². The maximum atomic E-state index is 12.6. The van der Waals surface area contributed by atoms with E-state index in [2.05, 4.69) is 23.8 Å². The fourth-order valence-electron chi connectivity index (χ4n) is 4.73. The number of ketones is 2. The van der Waals surface area contributed by atoms with Gasteiger partial charge in [-0.3, -0.25) is 9.59 Å². The Morgan fingerprint density at radius 1 is 0.879 bits per heavy atom. The van der Waals surface area contributed by atoms with Crippen molar-refractivity contribution in [2.45, 2.75) is 97.3 Å². The summed E-state index contributed by atoms with van der Waals surface area (Å²) in [6.45, 7) is 4.34. The van der Waals surface area contributed by atoms with Crippen LogP contribution in [0.25, 0.3) is 11.4 Å². The highest BCUT2D eigenvalue weighted by atomic mass is 16.1. The number of aromatic nitrogens is 2. The highest BCUT2D eigenvalue weighted by Gasteiger charge is 2.31. The molecule has 4 heteroatoms. The Balaban J connectivity index is 1.43. The summed E-state index contributed by atoms with van der Waals surface area (Å²) in [7, 11) is 0. The number of Topliss-reactive ketones (excluding diaryl/α,β-unsaturated/α-hetero) is 2. The number of hydrogen-bond acceptors (Lipinski definition) is 4. The quantitative estimate of drug-likeness (QED) is 0.246. The van der Waals surface area contributed by atoms with E-state index in [1.165, 1.54) is 56.9 Å². The summed E-state index contributed by atoms with van der Waals surface area (Å²) < 4.78 is 0. The molecule has 0 saturated heterocycles. The van der Waals surface area contributed by atoms with Gasteiger partial charge in [-0.05, 0) is 42.7 Å². The molecule has 0 spiro atoms. The second kappa shape index (κ2) is 13.4. The van der Waals surface area contributed by atoms with Crippen molar-refractivity contribution in [1.82, 2.24) is 9.97 Å². The van der Waals surface area contributed by atoms with Gasteiger partial charge in [-0.2, -0.15) is 0 Å². The Hall–Kier alpha value is -2.36. The molecule has 0 aliphatic heterocycles. The van der Waals surface area contributed by atoms with Gasteiger partial charge in [0.1, 0.15) is 11.6 Å². The maximum absolute atomic E-state index is 12.6. The zero-order valence-electron chi connectivity index (χ0n) is 20.5. The minimum atomic E-state index is -0.405. The Morgan fingerprint density at radius 3 is 2.15 bits per heavy atom. The van der Waals surface area contributed by atoms with Crippen LogP contribution in [0.15, 0.2) is 36.7 Å². The lowest BCUT2D eigenvalue weighted by Gasteiger charge is -2.23. The van der Waals surface area contributed by atoms with Crippen LogP contribution in [0.4, 0.5) is 0 Å². The number of carbonyl (C=O) groups excluding carboxylic acids is 2. The highest BCUT2D eigenvalue weighted by Crippen LogP contribution is 2.27. The van der Waals surface area contributed by atoms with Gasteiger partial charge in [0.25, 0.3) is 0 Å². The molecule has 3 rings (SSSR count). The van der Waals surface area contributed by atoms with E-state index >= 15 is 0 Å². The van der Waals surface area contributed by atoms with Gasteiger partial charge in [0.15, 0.2) is 5.82 Å². The standard InChI is InChI=1S/C29H40N2O2/c1-3-4-5-6-7-8-9-10-11-24-20-30-29(31-21-24)25-15-13-23(14-16-25)19-28(33)26-17-12-22(2)18-27(26)32/h13-16,20-22,26H,3-12,17-19H2,1-2H3. The number of benzene rings is 1. The monoisotopic (exact) mass is 448 g/mol. The van der Waals surface area contributed by atoms with E-state index in [0.29, 0.717) is 31.0 Å². The van der Waals surface area contributed by atoms with Crippen LogP contribution in [0, 0.1) is 11.8 Å². The first-order valence-corrected chi connectivity index (χ1v) is 13.0. The molecular formula is C29H40N2O2. The lowest BCUT2D eigenvalue weighted by molar-refractivity contribution is -0.134. The van der Waals surface area contributed by atoms with E-state index in [9.17, 15) is 9.59 Å². The zero-order chi connectivity index (χ0) is 23.5. The Labute approximate surface area is 199 Å². The molecule has 4 nitrogen and oxygen atoms in total. The molecule has 0 bridgehead atoms. The topological polar surface area (TPSA) is 59.9 Å². The average molecular weight is 449 g/mol. The predicted octanol–water partition coefficient (Wildman–Crippen LogP) is 6.94. The normalized spacial score (nSPS) is 18.4. The van der Waals surface area contributed by atoms with Crippen LogP contribution in [0.1, 0.15) is 95.6 Å². The molecule has 0 amide bonds. The fraction of sp³-hybridized carbons (Fsp3) is 0.586. The van der Waals surface area contributed by atoms with Gasteiger partial charge in [0.2, 0.25) is 0 Å². The molecule has 1 aromatic carbocycles. The fourth-order valence-corrected chi connectivity index (χ4v) is 4.73. The van der Waals surface area contributed by atoms with Crippen molar-refractivity contribution < 1.29 is 9.59 Å². The second-order valence-electron chi connectivity index (χ2n) is 9.89. The molecule has 0 radical (unpaired) electrons. The van der Waals surface area contributed by atoms with Gasteiger partial charge in [0.05, 0.1) is 5.92 Å². The first-order chi connectivity index (χ1) is 16.1. The van der Waals surface area contributed by atoms with E-state index in [-0.39, 0.29) is 11.6 Å². The Morgan fingerprint density at radius 2 is 1.52 bits per heavy atom. The van der Waals surface area contributed by atoms with Crippen LogP contribution in [0.3, 0.4) is 0 Å². The molecule has 2 aromatic rings. The van der Waals surface area contributed by atoms with Crippen molar-refractivity contribution >= 4 is 11.6 Å². The molecule has 1 aliphatic carbocycles. The van der Waals surface area contributed by atoms with E-state index in [4.69, 9.17) is 0 Å². The molecule has 1 fully saturated rings. The summed E-state index contributed by atoms with van der Waals surface area (Å²) in [5, 5.41) is 0. The largest absolute Gasteiger partial charge is 0.299 e. The van der Waals surface area contributed by atoms with Crippen molar-refractivity contribution in [3.8, 4) is 11.4 Å². The SMILES string of the molecule is CCCCCCCCCCc1cnc(-c2ccc(CC(=O)C3CCC(C)CC3=O)cc2)nc1. The number of unbranched alkanes of at least 4 members (excludes halogenated alkanes) is 7. The molecular weight excluding hydrogens is 408 g/mol. The van der Waals surface area contributed by atoms with Gasteiger partial charge in [-0.25, -0.2) is 9.97 Å². The third-order valence-corrected chi connectivity index (χ3v) is 6.89. The molecule has 1 heterocycles. The molecule has 178 valence electrons. The van der Waals surface area contributed by atoms with Gasteiger partial charge in [-0.1, -0.05) is 83.1 Å². The lowest BCUT2D eigenvalue weighted by atomic mass is 9.78. The number of hydrogen-bond donors (Lipinski definition) is 0. The molecule has 0 N–H and O–H groups in total. The molecule has 2 unspecified atom stereocenters. The van der Waals surface area contributed by atoms with Gasteiger partial charge in [-0.15, -0.1) is 0 Å². The predicted molar refractivity (Wildman–Crippen MR) is 134 cm³/mol. The first-order valence-electron chi connectivity index (χ1n) is 13.0. The molecule has 2 atom stereocenters. The molecule has 1 saturated carbocycles. The third kappa shape index (κ3) is 8.17. The second-order valence-corrected chi connectivity index (χ2v) is 9.89. The molecule has 33 heavy (non-hydrogen) atoms. The van der Waals surface area contributed by atoms with Crippen molar-refractivity contribution in [3.63, 3.8) is 0 Å². The summed E-state index contributed by atoms with van der Waals surface area (Å²) >= 11 is 0. The van der Waals surface area contributed by atoms with Crippen LogP contribution < -0.4 is 0 Å². The average Bonchev–Trinajstić information content (AvgIpc) is 2.81. The molecule has 1 aliphatic rings. The van der Waals surface area contributed by atoms with E-state index < -0.39 is 5.92 Å². The van der Waals surface area contributed by atoms with Crippen molar-refractivity contribution in [1.29, 1.82) is 0 Å². The maximum Gasteiger partial charge on any atom is 0.159 e. The van der Waals surface area contributed by atoms with Crippen LogP contribution >= 0.6 is 0 Å². The number of aryl methyl sites for hydroxylation is 1. The van der Waals surface area contributed by atoms with Crippen LogP contribution in [0.2, 0.25) is 0 Å². The smallest absolute Gasteiger partial charge is 0.159 e. The number of nitrogens with zero attached hydrogens (tertiary/aromatic N) is 2. The van der Waals surface area contributed by atoms with Crippen molar-refractivity contribution in [3.05, 3.63) is 47.8 Å². The number of carbonyl (C=O) groups is 2. The van der Waals surface area contributed by atoms with E-state index in [1.54, 1.807) is 0 Å². The van der Waals surface area contributed by atoms with E-state index in [1.807, 2.05) is 36.7 Å². The van der Waals surface area contributed by atoms with Crippen LogP contribution in [-0.2, 0) is 22.4 Å². The summed E-state index contributed by atoms with van der Waals surface area (Å²) in [5.74, 6) is 0.895. The Bertz CT molecular complexity index is 873.